The molecule has 0 radical (unpaired) electrons. The number of benzene rings is 1. The van der Waals surface area contributed by atoms with Crippen molar-refractivity contribution < 1.29 is 18.4 Å². The normalized spacial score (nSPS) is 18.2. The van der Waals surface area contributed by atoms with Gasteiger partial charge in [-0.05, 0) is 24.6 Å². The molecule has 1 unspecified atom stereocenters. The number of morpholine rings is 1. The first-order chi connectivity index (χ1) is 11.5. The average molecular weight is 333 g/mol. The molecule has 128 valence electrons. The fraction of sp³-hybridized carbons (Fsp3) is 0.471. The second-order valence-corrected chi connectivity index (χ2v) is 6.22. The van der Waals surface area contributed by atoms with Gasteiger partial charge in [-0.25, -0.2) is 4.39 Å². The number of ether oxygens (including phenoxy) is 1. The van der Waals surface area contributed by atoms with Crippen molar-refractivity contribution in [1.82, 2.24) is 15.0 Å². The van der Waals surface area contributed by atoms with E-state index in [1.165, 1.54) is 12.1 Å². The zero-order chi connectivity index (χ0) is 17.3. The molecule has 0 saturated carbocycles. The molecule has 3 rings (SSSR count). The van der Waals surface area contributed by atoms with Crippen molar-refractivity contribution in [1.29, 1.82) is 0 Å². The van der Waals surface area contributed by atoms with E-state index in [2.05, 4.69) is 10.1 Å². The van der Waals surface area contributed by atoms with E-state index < -0.39 is 11.9 Å². The van der Waals surface area contributed by atoms with Crippen molar-refractivity contribution in [3.05, 3.63) is 46.9 Å². The van der Waals surface area contributed by atoms with Crippen LogP contribution in [-0.2, 0) is 4.74 Å². The van der Waals surface area contributed by atoms with Gasteiger partial charge in [-0.2, -0.15) is 4.98 Å². The minimum Gasteiger partial charge on any atom is -0.366 e. The largest absolute Gasteiger partial charge is 0.366 e. The number of nitrogens with zero attached hydrogens (tertiary/aromatic N) is 3. The number of hydrogen-bond acceptors (Lipinski definition) is 5. The zero-order valence-electron chi connectivity index (χ0n) is 14.0. The Morgan fingerprint density at radius 3 is 2.92 bits per heavy atom. The molecule has 7 heteroatoms. The van der Waals surface area contributed by atoms with Crippen molar-refractivity contribution in [3.8, 4) is 0 Å². The number of carbonyl (C=O) groups is 1. The second kappa shape index (κ2) is 6.68. The summed E-state index contributed by atoms with van der Waals surface area (Å²) in [5.41, 5.74) is 1.11. The Labute approximate surface area is 139 Å². The third kappa shape index (κ3) is 3.31. The van der Waals surface area contributed by atoms with E-state index in [0.29, 0.717) is 37.0 Å². The number of aromatic nitrogens is 2. The molecule has 0 aliphatic carbocycles. The highest BCUT2D eigenvalue weighted by molar-refractivity contribution is 5.95. The summed E-state index contributed by atoms with van der Waals surface area (Å²) in [4.78, 5) is 18.7. The first kappa shape index (κ1) is 16.6. The number of aryl methyl sites for hydroxylation is 1. The van der Waals surface area contributed by atoms with Gasteiger partial charge >= 0.3 is 0 Å². The van der Waals surface area contributed by atoms with Crippen molar-refractivity contribution in [2.24, 2.45) is 0 Å². The third-order valence-electron chi connectivity index (χ3n) is 4.02. The Kier molecular flexibility index (Phi) is 4.62. The van der Waals surface area contributed by atoms with Crippen LogP contribution < -0.4 is 0 Å². The van der Waals surface area contributed by atoms with Crippen LogP contribution in [-0.4, -0.2) is 40.6 Å². The van der Waals surface area contributed by atoms with Gasteiger partial charge in [0.25, 0.3) is 5.91 Å². The van der Waals surface area contributed by atoms with Crippen molar-refractivity contribution in [3.63, 3.8) is 0 Å². The molecule has 1 aliphatic rings. The van der Waals surface area contributed by atoms with Crippen molar-refractivity contribution in [2.75, 3.05) is 19.7 Å². The van der Waals surface area contributed by atoms with Crippen LogP contribution in [0, 0.1) is 12.7 Å². The van der Waals surface area contributed by atoms with Crippen LogP contribution in [0.5, 0.6) is 0 Å². The lowest BCUT2D eigenvalue weighted by atomic mass is 10.1. The number of amides is 1. The number of halogens is 1. The molecule has 2 aromatic rings. The molecule has 0 spiro atoms. The molecule has 1 atom stereocenters. The standard InChI is InChI=1S/C17H20FN3O3/c1-10(2)16-19-15(20-24-16)14-9-21(6-7-23-14)17(22)13-8-12(18)5-4-11(13)3/h4-5,8,10,14H,6-7,9H2,1-3H3. The molecular formula is C17H20FN3O3. The maximum absolute atomic E-state index is 13.5. The first-order valence-corrected chi connectivity index (χ1v) is 7.96. The fourth-order valence-electron chi connectivity index (χ4n) is 2.60. The Morgan fingerprint density at radius 1 is 1.42 bits per heavy atom. The van der Waals surface area contributed by atoms with E-state index in [0.717, 1.165) is 5.56 Å². The number of hydrogen-bond donors (Lipinski definition) is 0. The number of carbonyl (C=O) groups excluding carboxylic acids is 1. The highest BCUT2D eigenvalue weighted by Crippen LogP contribution is 2.23. The number of rotatable bonds is 3. The van der Waals surface area contributed by atoms with Crippen LogP contribution in [0.3, 0.4) is 0 Å². The predicted molar refractivity (Wildman–Crippen MR) is 84.1 cm³/mol. The Balaban J connectivity index is 1.77. The molecule has 1 saturated heterocycles. The maximum atomic E-state index is 13.5. The van der Waals surface area contributed by atoms with Crippen LogP contribution in [0.25, 0.3) is 0 Å². The highest BCUT2D eigenvalue weighted by Gasteiger charge is 2.30. The fourth-order valence-corrected chi connectivity index (χ4v) is 2.60. The van der Waals surface area contributed by atoms with Gasteiger partial charge in [-0.1, -0.05) is 25.1 Å². The summed E-state index contributed by atoms with van der Waals surface area (Å²) in [6.45, 7) is 6.84. The van der Waals surface area contributed by atoms with Crippen molar-refractivity contribution in [2.45, 2.75) is 32.8 Å². The van der Waals surface area contributed by atoms with Crippen LogP contribution >= 0.6 is 0 Å². The van der Waals surface area contributed by atoms with Gasteiger partial charge in [0.1, 0.15) is 11.9 Å². The zero-order valence-corrected chi connectivity index (χ0v) is 14.0. The van der Waals surface area contributed by atoms with Gasteiger partial charge in [0.15, 0.2) is 0 Å². The summed E-state index contributed by atoms with van der Waals surface area (Å²) in [6, 6.07) is 4.23. The van der Waals surface area contributed by atoms with Gasteiger partial charge in [0.2, 0.25) is 11.7 Å². The van der Waals surface area contributed by atoms with Gasteiger partial charge < -0.3 is 14.2 Å². The Morgan fingerprint density at radius 2 is 2.21 bits per heavy atom. The topological polar surface area (TPSA) is 68.5 Å². The van der Waals surface area contributed by atoms with E-state index >= 15 is 0 Å². The third-order valence-corrected chi connectivity index (χ3v) is 4.02. The lowest BCUT2D eigenvalue weighted by Gasteiger charge is -2.31. The quantitative estimate of drug-likeness (QED) is 0.864. The van der Waals surface area contributed by atoms with Crippen LogP contribution in [0.1, 0.15) is 53.5 Å². The molecule has 1 aromatic heterocycles. The molecule has 2 heterocycles. The first-order valence-electron chi connectivity index (χ1n) is 7.96. The Bertz CT molecular complexity index is 744. The molecule has 0 bridgehead atoms. The van der Waals surface area contributed by atoms with E-state index in [4.69, 9.17) is 9.26 Å². The minimum atomic E-state index is -0.437. The monoisotopic (exact) mass is 333 g/mol. The molecule has 0 N–H and O–H groups in total. The molecule has 1 fully saturated rings. The predicted octanol–water partition coefficient (Wildman–Crippen LogP) is 2.85. The molecule has 1 aromatic carbocycles. The van der Waals surface area contributed by atoms with E-state index in [1.807, 2.05) is 13.8 Å². The van der Waals surface area contributed by atoms with Gasteiger partial charge in [-0.15, -0.1) is 0 Å². The Hall–Kier alpha value is -2.28. The summed E-state index contributed by atoms with van der Waals surface area (Å²) >= 11 is 0. The molecule has 6 nitrogen and oxygen atoms in total. The van der Waals surface area contributed by atoms with Gasteiger partial charge in [0.05, 0.1) is 13.2 Å². The van der Waals surface area contributed by atoms with E-state index in [-0.39, 0.29) is 11.8 Å². The lowest BCUT2D eigenvalue weighted by Crippen LogP contribution is -2.42. The van der Waals surface area contributed by atoms with Crippen LogP contribution in [0.2, 0.25) is 0 Å². The maximum Gasteiger partial charge on any atom is 0.254 e. The van der Waals surface area contributed by atoms with Gasteiger partial charge in [-0.3, -0.25) is 4.79 Å². The molecular weight excluding hydrogens is 313 g/mol. The molecule has 1 aliphatic heterocycles. The minimum absolute atomic E-state index is 0.127. The summed E-state index contributed by atoms with van der Waals surface area (Å²) in [6.07, 6.45) is -0.437. The van der Waals surface area contributed by atoms with E-state index in [9.17, 15) is 9.18 Å². The molecule has 24 heavy (non-hydrogen) atoms. The smallest absolute Gasteiger partial charge is 0.254 e. The SMILES string of the molecule is Cc1ccc(F)cc1C(=O)N1CCOC(c2noc(C(C)C)n2)C1. The average Bonchev–Trinajstić information content (AvgIpc) is 3.07. The summed E-state index contributed by atoms with van der Waals surface area (Å²) in [7, 11) is 0. The highest BCUT2D eigenvalue weighted by atomic mass is 19.1. The van der Waals surface area contributed by atoms with Crippen molar-refractivity contribution >= 4 is 5.91 Å². The second-order valence-electron chi connectivity index (χ2n) is 6.22. The van der Waals surface area contributed by atoms with Crippen LogP contribution in [0.4, 0.5) is 4.39 Å². The summed E-state index contributed by atoms with van der Waals surface area (Å²) in [5, 5.41) is 3.95. The lowest BCUT2D eigenvalue weighted by molar-refractivity contribution is -0.0276. The summed E-state index contributed by atoms with van der Waals surface area (Å²) in [5.74, 6) is 0.467. The molecule has 1 amide bonds. The van der Waals surface area contributed by atoms with E-state index in [1.54, 1.807) is 17.9 Å². The summed E-state index contributed by atoms with van der Waals surface area (Å²) < 4.78 is 24.3. The van der Waals surface area contributed by atoms with Crippen LogP contribution in [0.15, 0.2) is 22.7 Å². The van der Waals surface area contributed by atoms with Gasteiger partial charge in [0, 0.05) is 18.0 Å².